The second-order valence-corrected chi connectivity index (χ2v) is 3.88. The molecule has 0 unspecified atom stereocenters. The highest BCUT2D eigenvalue weighted by molar-refractivity contribution is 5.94. The van der Waals surface area contributed by atoms with E-state index < -0.39 is 0 Å². The first-order valence-electron chi connectivity index (χ1n) is 5.88. The summed E-state index contributed by atoms with van der Waals surface area (Å²) in [6.07, 6.45) is 3.96. The lowest BCUT2D eigenvalue weighted by atomic mass is 10.2. The third kappa shape index (κ3) is 5.30. The molecular formula is C14H19N3O. The summed E-state index contributed by atoms with van der Waals surface area (Å²) in [5.74, 6) is 0.792. The first-order valence-corrected chi connectivity index (χ1v) is 5.88. The molecule has 0 aliphatic rings. The number of rotatable bonds is 4. The highest BCUT2D eigenvalue weighted by Gasteiger charge is 1.96. The number of amides is 1. The van der Waals surface area contributed by atoms with Crippen molar-refractivity contribution >= 4 is 23.1 Å². The van der Waals surface area contributed by atoms with Crippen LogP contribution in [-0.4, -0.2) is 18.3 Å². The van der Waals surface area contributed by atoms with E-state index in [0.717, 1.165) is 17.2 Å². The maximum absolute atomic E-state index is 10.9. The van der Waals surface area contributed by atoms with Gasteiger partial charge in [-0.3, -0.25) is 9.79 Å². The zero-order valence-corrected chi connectivity index (χ0v) is 11.0. The summed E-state index contributed by atoms with van der Waals surface area (Å²) < 4.78 is 0. The summed E-state index contributed by atoms with van der Waals surface area (Å²) in [6.45, 7) is 6.06. The highest BCUT2D eigenvalue weighted by atomic mass is 16.1. The number of nitrogens with zero attached hydrogens (tertiary/aromatic N) is 1. The van der Waals surface area contributed by atoms with E-state index in [1.807, 2.05) is 50.3 Å². The molecule has 0 saturated carbocycles. The van der Waals surface area contributed by atoms with Crippen LogP contribution in [0.3, 0.4) is 0 Å². The van der Waals surface area contributed by atoms with Gasteiger partial charge in [0.25, 0.3) is 0 Å². The van der Waals surface area contributed by atoms with Gasteiger partial charge in [-0.05, 0) is 38.1 Å². The monoisotopic (exact) mass is 245 g/mol. The van der Waals surface area contributed by atoms with Gasteiger partial charge in [-0.15, -0.1) is 0 Å². The van der Waals surface area contributed by atoms with Crippen molar-refractivity contribution in [3.63, 3.8) is 0 Å². The van der Waals surface area contributed by atoms with Crippen LogP contribution in [0.4, 0.5) is 11.4 Å². The third-order valence-corrected chi connectivity index (χ3v) is 2.20. The number of benzene rings is 1. The molecule has 0 atom stereocenters. The summed E-state index contributed by atoms with van der Waals surface area (Å²) in [5, 5.41) is 5.91. The van der Waals surface area contributed by atoms with Crippen LogP contribution in [0.2, 0.25) is 0 Å². The second kappa shape index (κ2) is 7.27. The van der Waals surface area contributed by atoms with Crippen molar-refractivity contribution in [1.82, 2.24) is 0 Å². The average molecular weight is 245 g/mol. The zero-order valence-electron chi connectivity index (χ0n) is 11.0. The Balaban J connectivity index is 2.57. The minimum absolute atomic E-state index is 0.0696. The van der Waals surface area contributed by atoms with Crippen molar-refractivity contribution in [1.29, 1.82) is 0 Å². The van der Waals surface area contributed by atoms with E-state index in [1.54, 1.807) is 0 Å². The molecule has 96 valence electrons. The fourth-order valence-corrected chi connectivity index (χ4v) is 1.38. The number of nitrogens with one attached hydrogen (secondary N) is 2. The lowest BCUT2D eigenvalue weighted by Crippen LogP contribution is -2.08. The molecule has 1 rings (SSSR count). The summed E-state index contributed by atoms with van der Waals surface area (Å²) >= 11 is 0. The second-order valence-electron chi connectivity index (χ2n) is 3.88. The smallest absolute Gasteiger partial charge is 0.221 e. The summed E-state index contributed by atoms with van der Waals surface area (Å²) in [7, 11) is 0. The van der Waals surface area contributed by atoms with Crippen LogP contribution in [0, 0.1) is 0 Å². The van der Waals surface area contributed by atoms with Crippen LogP contribution >= 0.6 is 0 Å². The average Bonchev–Trinajstić information content (AvgIpc) is 2.31. The first kappa shape index (κ1) is 14.0. The van der Waals surface area contributed by atoms with E-state index in [9.17, 15) is 4.79 Å². The minimum atomic E-state index is -0.0696. The van der Waals surface area contributed by atoms with Crippen LogP contribution in [0.25, 0.3) is 0 Å². The minimum Gasteiger partial charge on any atom is -0.344 e. The molecule has 1 aromatic carbocycles. The number of carbonyl (C=O) groups excluding carboxylic acids is 1. The number of allylic oxidation sites excluding steroid dienone is 1. The predicted octanol–water partition coefficient (Wildman–Crippen LogP) is 3.05. The quantitative estimate of drug-likeness (QED) is 0.486. The van der Waals surface area contributed by atoms with Crippen LogP contribution in [0.15, 0.2) is 41.4 Å². The number of aliphatic imine (C=N–C) groups is 1. The number of hydrogen-bond donors (Lipinski definition) is 2. The van der Waals surface area contributed by atoms with E-state index in [2.05, 4.69) is 15.6 Å². The van der Waals surface area contributed by atoms with Gasteiger partial charge in [-0.25, -0.2) is 0 Å². The van der Waals surface area contributed by atoms with Crippen LogP contribution in [0.5, 0.6) is 0 Å². The van der Waals surface area contributed by atoms with E-state index in [4.69, 9.17) is 0 Å². The molecule has 2 N–H and O–H groups in total. The Morgan fingerprint density at radius 2 is 1.72 bits per heavy atom. The molecule has 0 aromatic heterocycles. The molecule has 0 radical (unpaired) electrons. The van der Waals surface area contributed by atoms with Crippen LogP contribution in [0.1, 0.15) is 20.8 Å². The van der Waals surface area contributed by atoms with Gasteiger partial charge in [-0.2, -0.15) is 0 Å². The molecule has 1 amide bonds. The fourth-order valence-electron chi connectivity index (χ4n) is 1.38. The van der Waals surface area contributed by atoms with E-state index in [0.29, 0.717) is 6.54 Å². The summed E-state index contributed by atoms with van der Waals surface area (Å²) in [5.41, 5.74) is 1.74. The molecule has 0 saturated heterocycles. The number of hydrogen-bond acceptors (Lipinski definition) is 2. The standard InChI is InChI=1S/C14H19N3O/c1-4-5-10-15-11(2)16-13-6-8-14(9-7-13)17-12(3)18/h4-9H,10H2,1-3H3,(H,15,16)(H,17,18). The maximum Gasteiger partial charge on any atom is 0.221 e. The van der Waals surface area contributed by atoms with E-state index in [1.165, 1.54) is 6.92 Å². The Labute approximate surface area is 108 Å². The molecule has 0 heterocycles. The van der Waals surface area contributed by atoms with Gasteiger partial charge >= 0.3 is 0 Å². The lowest BCUT2D eigenvalue weighted by Gasteiger charge is -2.07. The number of carbonyl (C=O) groups is 1. The largest absolute Gasteiger partial charge is 0.344 e. The van der Waals surface area contributed by atoms with Crippen molar-refractivity contribution in [3.8, 4) is 0 Å². The van der Waals surface area contributed by atoms with Crippen molar-refractivity contribution in [2.24, 2.45) is 4.99 Å². The van der Waals surface area contributed by atoms with Gasteiger partial charge < -0.3 is 10.6 Å². The molecule has 4 heteroatoms. The van der Waals surface area contributed by atoms with Crippen molar-refractivity contribution in [2.45, 2.75) is 20.8 Å². The number of amidine groups is 1. The van der Waals surface area contributed by atoms with Gasteiger partial charge in [0.15, 0.2) is 0 Å². The van der Waals surface area contributed by atoms with Gasteiger partial charge in [0.2, 0.25) is 5.91 Å². The van der Waals surface area contributed by atoms with Crippen molar-refractivity contribution in [2.75, 3.05) is 17.2 Å². The van der Waals surface area contributed by atoms with Crippen LogP contribution in [-0.2, 0) is 4.79 Å². The Morgan fingerprint density at radius 3 is 2.22 bits per heavy atom. The normalized spacial score (nSPS) is 11.6. The molecule has 18 heavy (non-hydrogen) atoms. The Morgan fingerprint density at radius 1 is 1.17 bits per heavy atom. The molecule has 0 bridgehead atoms. The molecule has 0 fully saturated rings. The van der Waals surface area contributed by atoms with Gasteiger partial charge in [0.05, 0.1) is 12.4 Å². The Bertz CT molecular complexity index is 447. The Hall–Kier alpha value is -2.10. The predicted molar refractivity (Wildman–Crippen MR) is 77.2 cm³/mol. The zero-order chi connectivity index (χ0) is 13.4. The van der Waals surface area contributed by atoms with Gasteiger partial charge in [-0.1, -0.05) is 12.2 Å². The highest BCUT2D eigenvalue weighted by Crippen LogP contribution is 2.13. The summed E-state index contributed by atoms with van der Waals surface area (Å²) in [6, 6.07) is 7.51. The lowest BCUT2D eigenvalue weighted by molar-refractivity contribution is -0.114. The molecule has 1 aromatic rings. The van der Waals surface area contributed by atoms with E-state index in [-0.39, 0.29) is 5.91 Å². The molecule has 0 spiro atoms. The topological polar surface area (TPSA) is 53.5 Å². The van der Waals surface area contributed by atoms with Crippen molar-refractivity contribution in [3.05, 3.63) is 36.4 Å². The summed E-state index contributed by atoms with van der Waals surface area (Å²) in [4.78, 5) is 15.2. The van der Waals surface area contributed by atoms with Crippen LogP contribution < -0.4 is 10.6 Å². The SMILES string of the molecule is CC=CCN=C(C)Nc1ccc(NC(C)=O)cc1. The van der Waals surface area contributed by atoms with Gasteiger partial charge in [0.1, 0.15) is 0 Å². The number of anilines is 2. The molecule has 4 nitrogen and oxygen atoms in total. The molecule has 0 aliphatic heterocycles. The third-order valence-electron chi connectivity index (χ3n) is 2.20. The van der Waals surface area contributed by atoms with E-state index >= 15 is 0 Å². The van der Waals surface area contributed by atoms with Crippen molar-refractivity contribution < 1.29 is 4.79 Å². The molecular weight excluding hydrogens is 226 g/mol. The first-order chi connectivity index (χ1) is 8.61. The fraction of sp³-hybridized carbons (Fsp3) is 0.286. The Kier molecular flexibility index (Phi) is 5.64. The van der Waals surface area contributed by atoms with Gasteiger partial charge in [0, 0.05) is 18.3 Å². The molecule has 0 aliphatic carbocycles. The maximum atomic E-state index is 10.9.